The summed E-state index contributed by atoms with van der Waals surface area (Å²) >= 11 is 7.25. The number of guanidine groups is 1. The first kappa shape index (κ1) is 97.4. The largest absolute Gasteiger partial charge is 0.790 e. The number of nitrogens with zero attached hydrogens (tertiary/aromatic N) is 6. The molecule has 0 radical (unpaired) electrons. The number of carbonyl (C=O) groups is 2. The average molecular weight is 1660 g/mol. The van der Waals surface area contributed by atoms with Crippen molar-refractivity contribution in [2.24, 2.45) is 32.3 Å². The normalized spacial score (nSPS) is 19.3. The molecule has 1 fully saturated rings. The highest BCUT2D eigenvalue weighted by Gasteiger charge is 2.48. The maximum Gasteiger partial charge on any atom is 0.274 e. The van der Waals surface area contributed by atoms with E-state index >= 15 is 0 Å². The number of aliphatic hydroxyl groups is 2. The number of phosphoric ester groups is 3. The first-order chi connectivity index (χ1) is 51.2. The summed E-state index contributed by atoms with van der Waals surface area (Å²) in [5.74, 6) is 1.60. The number of halogens is 1. The van der Waals surface area contributed by atoms with Gasteiger partial charge in [0.15, 0.2) is 29.9 Å². The number of anilines is 2. The van der Waals surface area contributed by atoms with Gasteiger partial charge in [-0.15, -0.1) is 11.6 Å². The van der Waals surface area contributed by atoms with Crippen molar-refractivity contribution in [1.82, 2.24) is 40.5 Å². The number of nitrogens with one attached hydrogen (secondary N) is 5. The number of aromatic amines is 1. The fourth-order valence-corrected chi connectivity index (χ4v) is 13.8. The first-order valence-corrected chi connectivity index (χ1v) is 41.8. The molecule has 1 saturated heterocycles. The van der Waals surface area contributed by atoms with Gasteiger partial charge in [-0.25, -0.2) is 29.2 Å². The third-order valence-corrected chi connectivity index (χ3v) is 20.8. The highest BCUT2D eigenvalue weighted by Crippen LogP contribution is 2.57. The van der Waals surface area contributed by atoms with Crippen molar-refractivity contribution in [3.63, 3.8) is 0 Å². The van der Waals surface area contributed by atoms with Crippen LogP contribution in [0.5, 0.6) is 0 Å². The minimum absolute atomic E-state index is 0. The number of ether oxygens (including phenoxy) is 5. The highest BCUT2D eigenvalue weighted by atomic mass is 35.5. The minimum atomic E-state index is -5.88. The standard InChI is InChI=1S/C26H45N6O16P3S.C16H21N5O.C15H21N3O.C14H29ClO2.CH4/c1-25(2,3)52-11-10-28-17(33)7-9-30-23(36)21(35)26(4,5)13-45-51(42,43)48-50(40,41)44-12-16-20(47-49(37,38)39)19(34)24(46-16)32-14-31-18-15(27)6-8-29-22(18)32;1-16(2,3)11-6-4-10(5-7-11)8-22-14-12-13(19-9-18-12)20-15(17)21-14;1-15(2,3)12-6-4-11(5-7-12)10-19-14-17-9-8-13(16)18-14;1-14(2,3)8-11-17-13-12-16-10-7-5-4-6-9-15;/h6,8,14,16,19-21,24,34-35H,7,9-13H2,1-5H3,(H2,27,29)(H,28,33)(H,30,36)(H,40,41)(H,42,43)(H2,37,38,39);4-7,9,14H,8H2,1-3H3,(H,18,19)(H3,17,20,21);4-9,14,17H,10H2,1-3H3,(H2,16,18);4-13H2,1-3H3;1H4/p-4/t16-,19+,20?,21?,24-;;;;/m1..../s1. The lowest BCUT2D eigenvalue weighted by Crippen LogP contribution is -2.46. The molecule has 5 aromatic rings. The summed E-state index contributed by atoms with van der Waals surface area (Å²) in [6.07, 6.45) is 2.99. The summed E-state index contributed by atoms with van der Waals surface area (Å²) in [7, 11) is -17.5. The highest BCUT2D eigenvalue weighted by molar-refractivity contribution is 8.00. The van der Waals surface area contributed by atoms with Crippen LogP contribution >= 0.6 is 46.8 Å². The van der Waals surface area contributed by atoms with E-state index in [2.05, 4.69) is 180 Å². The van der Waals surface area contributed by atoms with E-state index in [1.165, 1.54) is 50.1 Å². The molecule has 2 aromatic carbocycles. The van der Waals surface area contributed by atoms with E-state index in [0.29, 0.717) is 48.5 Å². The Bertz CT molecular complexity index is 3900. The van der Waals surface area contributed by atoms with Crippen molar-refractivity contribution in [2.45, 2.75) is 215 Å². The molecule has 6 heterocycles. The van der Waals surface area contributed by atoms with Gasteiger partial charge in [0.1, 0.15) is 41.5 Å². The Morgan fingerprint density at radius 1 is 0.757 bits per heavy atom. The quantitative estimate of drug-likeness (QED) is 0.0104. The third kappa shape index (κ3) is 36.2. The van der Waals surface area contributed by atoms with Gasteiger partial charge in [-0.3, -0.25) is 23.3 Å². The van der Waals surface area contributed by atoms with Gasteiger partial charge in [0, 0.05) is 66.9 Å². The number of nitrogens with two attached hydrogens (primary N) is 3. The smallest absolute Gasteiger partial charge is 0.274 e. The van der Waals surface area contributed by atoms with Crippen molar-refractivity contribution in [1.29, 1.82) is 0 Å². The number of carbonyl (C=O) groups excluding carboxylic acids is 2. The number of imidazole rings is 2. The van der Waals surface area contributed by atoms with Crippen molar-refractivity contribution in [2.75, 3.05) is 75.4 Å². The van der Waals surface area contributed by atoms with Crippen molar-refractivity contribution < 1.29 is 94.6 Å². The number of aliphatic hydroxyl groups excluding tert-OH is 2. The Labute approximate surface area is 661 Å². The number of aliphatic imine (C=N–C) groups is 2. The molecule has 9 atom stereocenters. The SMILES string of the molecule is C.CC(C)(C)CCOCCOCCCCCCCl.CC(C)(C)SCCNC(=O)CCNC(=O)C(O)C(C)(C)COP(=O)([O-])OP(=O)([O-])OC[C@H]1O[C@@H](n2cnc3c(N)ccnc32)[C@@H](O)C1OP(=O)([O-])[O-].CC(C)(C)c1ccc(COC2N=C(N)C=CN2)cc1.CC(C)(C)c1ccc(COC2N=C(N)Nc3nc[nH]c32)cc1. The number of hydrogen-bond acceptors (Lipinski definition) is 31. The second-order valence-corrected chi connectivity index (χ2v) is 37.2. The second-order valence-electron chi connectivity index (χ2n) is 30.8. The molecule has 626 valence electrons. The number of thioether (sulfide) groups is 1. The Kier molecular flexibility index (Phi) is 39.3. The lowest BCUT2D eigenvalue weighted by Gasteiger charge is -2.36. The Hall–Kier alpha value is -5.98. The van der Waals surface area contributed by atoms with Crippen LogP contribution in [0.15, 0.2) is 95.7 Å². The predicted octanol–water partition coefficient (Wildman–Crippen LogP) is 7.83. The van der Waals surface area contributed by atoms with E-state index in [1.54, 1.807) is 30.4 Å². The number of benzene rings is 2. The molecule has 0 saturated carbocycles. The van der Waals surface area contributed by atoms with E-state index in [9.17, 15) is 53.1 Å². The van der Waals surface area contributed by atoms with Crippen LogP contribution in [-0.4, -0.2) is 158 Å². The van der Waals surface area contributed by atoms with Crippen LogP contribution in [0.25, 0.3) is 11.2 Å². The Morgan fingerprint density at radius 3 is 1.95 bits per heavy atom. The summed E-state index contributed by atoms with van der Waals surface area (Å²) < 4.78 is 83.1. The number of fused-ring (bicyclic) bond motifs is 2. The zero-order valence-electron chi connectivity index (χ0n) is 65.1. The molecule has 3 aliphatic heterocycles. The van der Waals surface area contributed by atoms with Gasteiger partial charge in [0.25, 0.3) is 15.6 Å². The molecule has 34 nitrogen and oxygen atoms in total. The zero-order chi connectivity index (χ0) is 81.9. The molecule has 111 heavy (non-hydrogen) atoms. The van der Waals surface area contributed by atoms with Crippen LogP contribution in [0.2, 0.25) is 0 Å². The molecule has 0 aliphatic carbocycles. The topological polar surface area (TPSA) is 511 Å². The van der Waals surface area contributed by atoms with Gasteiger partial charge in [0.2, 0.25) is 18.2 Å². The molecule has 2 amide bonds. The molecular weight excluding hydrogens is 1540 g/mol. The van der Waals surface area contributed by atoms with Gasteiger partial charge in [-0.05, 0) is 69.9 Å². The summed E-state index contributed by atoms with van der Waals surface area (Å²) in [6.45, 7) is 30.6. The first-order valence-electron chi connectivity index (χ1n) is 35.9. The van der Waals surface area contributed by atoms with E-state index < -0.39 is 91.2 Å². The Morgan fingerprint density at radius 2 is 1.36 bits per heavy atom. The molecule has 39 heteroatoms. The molecule has 3 aliphatic rings. The number of unbranched alkanes of at least 4 members (excludes halogenated alkanes) is 3. The monoisotopic (exact) mass is 1660 g/mol. The summed E-state index contributed by atoms with van der Waals surface area (Å²) in [5.41, 5.74) is 22.3. The maximum atomic E-state index is 12.5. The number of aromatic nitrogens is 5. The molecular formula is C72H116ClN14O20P3S-4. The van der Waals surface area contributed by atoms with Gasteiger partial charge in [-0.1, -0.05) is 166 Å². The molecule has 6 unspecified atom stereocenters. The van der Waals surface area contributed by atoms with E-state index in [0.717, 1.165) is 79.3 Å². The number of alkyl halides is 1. The van der Waals surface area contributed by atoms with E-state index in [4.69, 9.17) is 52.5 Å². The van der Waals surface area contributed by atoms with E-state index in [-0.39, 0.29) is 58.7 Å². The second kappa shape index (κ2) is 44.8. The number of H-pyrrole nitrogens is 1. The Balaban J connectivity index is 0.000000359. The maximum absolute atomic E-state index is 12.5. The summed E-state index contributed by atoms with van der Waals surface area (Å²) in [6, 6.07) is 18.3. The molecule has 0 spiro atoms. The minimum Gasteiger partial charge on any atom is -0.790 e. The van der Waals surface area contributed by atoms with Gasteiger partial charge in [0.05, 0.1) is 65.8 Å². The van der Waals surface area contributed by atoms with Gasteiger partial charge >= 0.3 is 0 Å². The summed E-state index contributed by atoms with van der Waals surface area (Å²) in [4.78, 5) is 95.8. The van der Waals surface area contributed by atoms with Crippen LogP contribution in [0.1, 0.15) is 183 Å². The van der Waals surface area contributed by atoms with Crippen molar-refractivity contribution in [3.8, 4) is 0 Å². The van der Waals surface area contributed by atoms with Crippen LogP contribution < -0.4 is 58.0 Å². The molecule has 8 rings (SSSR count). The van der Waals surface area contributed by atoms with Crippen LogP contribution in [0.4, 0.5) is 11.5 Å². The number of amidine groups is 1. The molecule has 0 bridgehead atoms. The summed E-state index contributed by atoms with van der Waals surface area (Å²) in [5, 5.41) is 32.2. The number of hydrogen-bond donors (Lipinski definition) is 10. The van der Waals surface area contributed by atoms with Crippen molar-refractivity contribution >= 4 is 93.1 Å². The number of pyridine rings is 1. The van der Waals surface area contributed by atoms with Crippen molar-refractivity contribution in [3.05, 3.63) is 114 Å². The van der Waals surface area contributed by atoms with Crippen LogP contribution in [0, 0.1) is 10.8 Å². The third-order valence-electron chi connectivity index (χ3n) is 16.3. The number of rotatable bonds is 36. The molecule has 13 N–H and O–H groups in total. The number of phosphoric acid groups is 3. The lowest BCUT2D eigenvalue weighted by atomic mass is 9.87. The molecule has 3 aromatic heterocycles. The fourth-order valence-electron chi connectivity index (χ4n) is 10.0. The predicted molar refractivity (Wildman–Crippen MR) is 421 cm³/mol. The fraction of sp³-hybridized carbons (Fsp3) is 0.625. The van der Waals surface area contributed by atoms with Crippen LogP contribution in [-0.2, 0) is 88.9 Å². The van der Waals surface area contributed by atoms with Gasteiger partial charge in [-0.2, -0.15) is 11.8 Å². The van der Waals surface area contributed by atoms with Crippen LogP contribution in [0.3, 0.4) is 0 Å². The van der Waals surface area contributed by atoms with E-state index in [1.807, 2.05) is 20.8 Å². The average Bonchev–Trinajstić information content (AvgIpc) is 1.62. The zero-order valence-corrected chi connectivity index (χ0v) is 69.4. The van der Waals surface area contributed by atoms with Gasteiger partial charge < -0.3 is 115 Å². The lowest BCUT2D eigenvalue weighted by molar-refractivity contribution is -0.347. The number of nitrogen functional groups attached to an aromatic ring is 1. The number of amides is 2.